The molecule has 0 amide bonds. The van der Waals surface area contributed by atoms with Gasteiger partial charge < -0.3 is 5.32 Å². The van der Waals surface area contributed by atoms with Gasteiger partial charge in [0, 0.05) is 16.2 Å². The van der Waals surface area contributed by atoms with Crippen molar-refractivity contribution in [1.82, 2.24) is 0 Å². The summed E-state index contributed by atoms with van der Waals surface area (Å²) in [4.78, 5) is 10.3. The lowest BCUT2D eigenvalue weighted by Crippen LogP contribution is -2.06. The lowest BCUT2D eigenvalue weighted by Gasteiger charge is -2.09. The van der Waals surface area contributed by atoms with Gasteiger partial charge in [0.1, 0.15) is 16.8 Å². The summed E-state index contributed by atoms with van der Waals surface area (Å²) in [6.45, 7) is 0. The maximum atomic E-state index is 12.8. The van der Waals surface area contributed by atoms with Crippen LogP contribution in [0.2, 0.25) is 0 Å². The molecule has 3 rings (SSSR count). The highest BCUT2D eigenvalue weighted by Gasteiger charge is 2.33. The van der Waals surface area contributed by atoms with E-state index in [2.05, 4.69) is 5.32 Å². The number of anilines is 2. The Morgan fingerprint density at radius 1 is 1.20 bits per heavy atom. The number of nitro benzene ring substituents is 1. The molecule has 0 saturated heterocycles. The molecule has 1 heterocycles. The number of halogens is 3. The van der Waals surface area contributed by atoms with Crippen LogP contribution in [0, 0.1) is 21.4 Å². The number of hydrogen-bond acceptors (Lipinski definition) is 5. The van der Waals surface area contributed by atoms with Crippen LogP contribution in [0.15, 0.2) is 42.5 Å². The first-order valence-electron chi connectivity index (χ1n) is 6.85. The van der Waals surface area contributed by atoms with Crippen LogP contribution < -0.4 is 5.32 Å². The summed E-state index contributed by atoms with van der Waals surface area (Å²) in [6, 6.07) is 11.3. The molecule has 0 saturated carbocycles. The second kappa shape index (κ2) is 6.07. The van der Waals surface area contributed by atoms with Gasteiger partial charge in [0.15, 0.2) is 0 Å². The normalized spacial score (nSPS) is 11.3. The fourth-order valence-electron chi connectivity index (χ4n) is 2.33. The van der Waals surface area contributed by atoms with E-state index in [0.717, 1.165) is 16.8 Å². The van der Waals surface area contributed by atoms with E-state index in [9.17, 15) is 28.5 Å². The van der Waals surface area contributed by atoms with Crippen molar-refractivity contribution in [3.63, 3.8) is 0 Å². The SMILES string of the molecule is N#Cc1c(Nc2ccc(C(F)(F)F)cc2[N+](=O)[O-])sc2ccccc12. The third kappa shape index (κ3) is 3.12. The van der Waals surface area contributed by atoms with Crippen molar-refractivity contribution >= 4 is 37.8 Å². The monoisotopic (exact) mass is 363 g/mol. The zero-order chi connectivity index (χ0) is 18.2. The summed E-state index contributed by atoms with van der Waals surface area (Å²) in [5.41, 5.74) is -1.64. The Balaban J connectivity index is 2.10. The highest BCUT2D eigenvalue weighted by Crippen LogP contribution is 2.40. The molecule has 0 aliphatic rings. The van der Waals surface area contributed by atoms with Crippen molar-refractivity contribution < 1.29 is 18.1 Å². The van der Waals surface area contributed by atoms with Gasteiger partial charge in [0.05, 0.1) is 16.1 Å². The van der Waals surface area contributed by atoms with E-state index in [1.807, 2.05) is 6.07 Å². The molecule has 2 aromatic carbocycles. The van der Waals surface area contributed by atoms with Gasteiger partial charge in [-0.05, 0) is 18.2 Å². The van der Waals surface area contributed by atoms with Crippen molar-refractivity contribution in [2.45, 2.75) is 6.18 Å². The summed E-state index contributed by atoms with van der Waals surface area (Å²) in [7, 11) is 0. The fourth-order valence-corrected chi connectivity index (χ4v) is 3.40. The van der Waals surface area contributed by atoms with Crippen LogP contribution in [-0.2, 0) is 6.18 Å². The highest BCUT2D eigenvalue weighted by molar-refractivity contribution is 7.23. The number of nitriles is 1. The van der Waals surface area contributed by atoms with Crippen LogP contribution in [0.5, 0.6) is 0 Å². The van der Waals surface area contributed by atoms with E-state index in [1.165, 1.54) is 11.3 Å². The van der Waals surface area contributed by atoms with Gasteiger partial charge in [-0.15, -0.1) is 11.3 Å². The van der Waals surface area contributed by atoms with Crippen LogP contribution in [0.3, 0.4) is 0 Å². The minimum atomic E-state index is -4.68. The molecule has 0 aliphatic heterocycles. The number of benzene rings is 2. The maximum Gasteiger partial charge on any atom is 0.416 e. The number of hydrogen-bond donors (Lipinski definition) is 1. The van der Waals surface area contributed by atoms with Gasteiger partial charge in [-0.2, -0.15) is 18.4 Å². The Bertz CT molecular complexity index is 1020. The molecule has 0 fully saturated rings. The quantitative estimate of drug-likeness (QED) is 0.496. The minimum Gasteiger partial charge on any atom is -0.341 e. The van der Waals surface area contributed by atoms with E-state index < -0.39 is 22.4 Å². The molecule has 0 unspecified atom stereocenters. The molecule has 5 nitrogen and oxygen atoms in total. The molecule has 126 valence electrons. The number of rotatable bonds is 3. The predicted molar refractivity (Wildman–Crippen MR) is 87.9 cm³/mol. The summed E-state index contributed by atoms with van der Waals surface area (Å²) in [5, 5.41) is 24.2. The van der Waals surface area contributed by atoms with Crippen molar-refractivity contribution in [3.05, 3.63) is 63.7 Å². The van der Waals surface area contributed by atoms with E-state index in [0.29, 0.717) is 16.5 Å². The van der Waals surface area contributed by atoms with Crippen molar-refractivity contribution in [1.29, 1.82) is 5.26 Å². The molecule has 0 bridgehead atoms. The Hall–Kier alpha value is -3.12. The molecule has 9 heteroatoms. The summed E-state index contributed by atoms with van der Waals surface area (Å²) < 4.78 is 39.1. The smallest absolute Gasteiger partial charge is 0.341 e. The number of nitrogens with one attached hydrogen (secondary N) is 1. The van der Waals surface area contributed by atoms with E-state index in [4.69, 9.17) is 0 Å². The molecule has 3 aromatic rings. The van der Waals surface area contributed by atoms with Gasteiger partial charge in [0.2, 0.25) is 0 Å². The van der Waals surface area contributed by atoms with Gasteiger partial charge in [0.25, 0.3) is 5.69 Å². The molecule has 0 radical (unpaired) electrons. The standard InChI is InChI=1S/C16H8F3N3O2S/c17-16(18,19)9-5-6-12(13(7-9)22(23)24)21-15-11(8-20)10-3-1-2-4-14(10)25-15/h1-7,21H. The first kappa shape index (κ1) is 16.7. The van der Waals surface area contributed by atoms with E-state index in [-0.39, 0.29) is 11.3 Å². The molecule has 1 aromatic heterocycles. The average molecular weight is 363 g/mol. The Kier molecular flexibility index (Phi) is 4.06. The van der Waals surface area contributed by atoms with Crippen molar-refractivity contribution in [2.75, 3.05) is 5.32 Å². The first-order chi connectivity index (χ1) is 11.8. The molecule has 0 atom stereocenters. The third-order valence-corrected chi connectivity index (χ3v) is 4.56. The summed E-state index contributed by atoms with van der Waals surface area (Å²) in [6.07, 6.45) is -4.68. The molecular formula is C16H8F3N3O2S. The predicted octanol–water partition coefficient (Wildman–Crippen LogP) is 5.44. The maximum absolute atomic E-state index is 12.8. The molecule has 0 spiro atoms. The molecule has 0 aliphatic carbocycles. The van der Waals surface area contributed by atoms with Crippen molar-refractivity contribution in [3.8, 4) is 6.07 Å². The van der Waals surface area contributed by atoms with E-state index in [1.54, 1.807) is 24.3 Å². The Labute approximate surface area is 143 Å². The number of fused-ring (bicyclic) bond motifs is 1. The largest absolute Gasteiger partial charge is 0.416 e. The molecular weight excluding hydrogens is 355 g/mol. The number of alkyl halides is 3. The lowest BCUT2D eigenvalue weighted by atomic mass is 10.1. The second-order valence-corrected chi connectivity index (χ2v) is 6.08. The lowest BCUT2D eigenvalue weighted by molar-refractivity contribution is -0.384. The topological polar surface area (TPSA) is 79.0 Å². The number of nitrogens with zero attached hydrogens (tertiary/aromatic N) is 2. The van der Waals surface area contributed by atoms with Crippen LogP contribution in [0.25, 0.3) is 10.1 Å². The number of thiophene rings is 1. The molecule has 25 heavy (non-hydrogen) atoms. The number of nitro groups is 1. The fraction of sp³-hybridized carbons (Fsp3) is 0.0625. The van der Waals surface area contributed by atoms with E-state index >= 15 is 0 Å². The first-order valence-corrected chi connectivity index (χ1v) is 7.67. The minimum absolute atomic E-state index is 0.110. The summed E-state index contributed by atoms with van der Waals surface area (Å²) >= 11 is 1.20. The summed E-state index contributed by atoms with van der Waals surface area (Å²) in [5.74, 6) is 0. The highest BCUT2D eigenvalue weighted by atomic mass is 32.1. The third-order valence-electron chi connectivity index (χ3n) is 3.48. The van der Waals surface area contributed by atoms with Crippen LogP contribution in [0.1, 0.15) is 11.1 Å². The average Bonchev–Trinajstić information content (AvgIpc) is 2.90. The zero-order valence-corrected chi connectivity index (χ0v) is 13.1. The van der Waals surface area contributed by atoms with Crippen molar-refractivity contribution in [2.24, 2.45) is 0 Å². The van der Waals surface area contributed by atoms with Gasteiger partial charge in [-0.3, -0.25) is 10.1 Å². The van der Waals surface area contributed by atoms with Gasteiger partial charge >= 0.3 is 6.18 Å². The Morgan fingerprint density at radius 2 is 1.92 bits per heavy atom. The second-order valence-electron chi connectivity index (χ2n) is 5.03. The van der Waals surface area contributed by atoms with Crippen LogP contribution in [0.4, 0.5) is 29.5 Å². The van der Waals surface area contributed by atoms with Gasteiger partial charge in [-0.25, -0.2) is 0 Å². The van der Waals surface area contributed by atoms with Gasteiger partial charge in [-0.1, -0.05) is 18.2 Å². The van der Waals surface area contributed by atoms with Crippen LogP contribution >= 0.6 is 11.3 Å². The zero-order valence-electron chi connectivity index (χ0n) is 12.3. The molecule has 1 N–H and O–H groups in total. The van der Waals surface area contributed by atoms with Crippen LogP contribution in [-0.4, -0.2) is 4.92 Å². The Morgan fingerprint density at radius 3 is 2.56 bits per heavy atom.